The van der Waals surface area contributed by atoms with Crippen molar-refractivity contribution in [3.05, 3.63) is 18.2 Å². The van der Waals surface area contributed by atoms with Crippen molar-refractivity contribution >= 4 is 11.6 Å². The number of hydrogen-bond donors (Lipinski definition) is 2. The molecule has 0 spiro atoms. The maximum Gasteiger partial charge on any atom is 0.225 e. The van der Waals surface area contributed by atoms with E-state index in [1.165, 1.54) is 12.8 Å². The summed E-state index contributed by atoms with van der Waals surface area (Å²) in [5.74, 6) is 1.29. The molecule has 2 rings (SSSR count). The molecule has 0 atom stereocenters. The van der Waals surface area contributed by atoms with Gasteiger partial charge in [-0.05, 0) is 25.0 Å². The number of anilines is 1. The van der Waals surface area contributed by atoms with Crippen molar-refractivity contribution in [2.45, 2.75) is 25.3 Å². The van der Waals surface area contributed by atoms with Crippen molar-refractivity contribution in [1.29, 1.82) is 0 Å². The predicted molar refractivity (Wildman–Crippen MR) is 73.8 cm³/mol. The van der Waals surface area contributed by atoms with Crippen LogP contribution in [0.3, 0.4) is 0 Å². The molecular weight excluding hydrogens is 244 g/mol. The average molecular weight is 264 g/mol. The topological polar surface area (TPSA) is 59.6 Å². The highest BCUT2D eigenvalue weighted by Crippen LogP contribution is 2.28. The zero-order valence-corrected chi connectivity index (χ0v) is 11.4. The minimum absolute atomic E-state index is 0.0281. The van der Waals surface area contributed by atoms with Gasteiger partial charge in [0, 0.05) is 25.1 Å². The maximum absolute atomic E-state index is 11.8. The van der Waals surface area contributed by atoms with Crippen LogP contribution in [0.4, 0.5) is 5.69 Å². The van der Waals surface area contributed by atoms with Crippen LogP contribution in [0.2, 0.25) is 0 Å². The van der Waals surface area contributed by atoms with Crippen molar-refractivity contribution < 1.29 is 14.3 Å². The Morgan fingerprint density at radius 3 is 2.74 bits per heavy atom. The van der Waals surface area contributed by atoms with Crippen LogP contribution >= 0.6 is 0 Å². The molecule has 0 aliphatic heterocycles. The Labute approximate surface area is 113 Å². The molecule has 5 heteroatoms. The van der Waals surface area contributed by atoms with Crippen LogP contribution in [0.5, 0.6) is 11.5 Å². The predicted octanol–water partition coefficient (Wildman–Crippen LogP) is 1.78. The van der Waals surface area contributed by atoms with E-state index in [1.807, 2.05) is 0 Å². The van der Waals surface area contributed by atoms with E-state index < -0.39 is 0 Å². The van der Waals surface area contributed by atoms with Crippen molar-refractivity contribution in [2.75, 3.05) is 26.1 Å². The van der Waals surface area contributed by atoms with E-state index in [1.54, 1.807) is 32.4 Å². The number of benzene rings is 1. The molecule has 0 radical (unpaired) electrons. The molecule has 0 heterocycles. The molecule has 1 aliphatic carbocycles. The number of ether oxygens (including phenoxy) is 2. The molecule has 1 fully saturated rings. The Hall–Kier alpha value is -1.75. The Balaban J connectivity index is 1.89. The van der Waals surface area contributed by atoms with Gasteiger partial charge in [-0.3, -0.25) is 4.79 Å². The lowest BCUT2D eigenvalue weighted by Gasteiger charge is -2.11. The molecule has 5 nitrogen and oxygen atoms in total. The number of carbonyl (C=O) groups excluding carboxylic acids is 1. The van der Waals surface area contributed by atoms with Gasteiger partial charge in [0.25, 0.3) is 0 Å². The van der Waals surface area contributed by atoms with Gasteiger partial charge in [0.2, 0.25) is 5.91 Å². The average Bonchev–Trinajstić information content (AvgIpc) is 3.22. The zero-order valence-electron chi connectivity index (χ0n) is 11.4. The number of amides is 1. The van der Waals surface area contributed by atoms with Gasteiger partial charge in [-0.15, -0.1) is 0 Å². The monoisotopic (exact) mass is 264 g/mol. The van der Waals surface area contributed by atoms with Crippen molar-refractivity contribution in [3.8, 4) is 11.5 Å². The third-order valence-electron chi connectivity index (χ3n) is 3.04. The van der Waals surface area contributed by atoms with E-state index in [9.17, 15) is 4.79 Å². The van der Waals surface area contributed by atoms with Crippen LogP contribution in [0.15, 0.2) is 18.2 Å². The lowest BCUT2D eigenvalue weighted by atomic mass is 10.2. The fourth-order valence-corrected chi connectivity index (χ4v) is 1.80. The number of carbonyl (C=O) groups is 1. The highest BCUT2D eigenvalue weighted by molar-refractivity contribution is 5.92. The highest BCUT2D eigenvalue weighted by atomic mass is 16.5. The van der Waals surface area contributed by atoms with Gasteiger partial charge in [0.05, 0.1) is 19.9 Å². The van der Waals surface area contributed by atoms with E-state index in [0.29, 0.717) is 36.2 Å². The van der Waals surface area contributed by atoms with Crippen LogP contribution in [-0.4, -0.2) is 32.7 Å². The Bertz CT molecular complexity index is 444. The van der Waals surface area contributed by atoms with Gasteiger partial charge >= 0.3 is 0 Å². The Kier molecular flexibility index (Phi) is 4.63. The highest BCUT2D eigenvalue weighted by Gasteiger charge is 2.20. The molecule has 1 aliphatic rings. The minimum atomic E-state index is -0.0281. The van der Waals surface area contributed by atoms with Crippen LogP contribution in [-0.2, 0) is 4.79 Å². The molecule has 0 saturated heterocycles. The fraction of sp³-hybridized carbons (Fsp3) is 0.500. The summed E-state index contributed by atoms with van der Waals surface area (Å²) >= 11 is 0. The summed E-state index contributed by atoms with van der Waals surface area (Å²) in [5, 5.41) is 6.15. The van der Waals surface area contributed by atoms with Gasteiger partial charge in [-0.1, -0.05) is 0 Å². The second-order valence-corrected chi connectivity index (χ2v) is 4.59. The summed E-state index contributed by atoms with van der Waals surface area (Å²) in [6.45, 7) is 0.711. The number of methoxy groups -OCH3 is 2. The molecule has 1 saturated carbocycles. The Morgan fingerprint density at radius 1 is 1.32 bits per heavy atom. The third kappa shape index (κ3) is 4.13. The normalized spacial score (nSPS) is 14.0. The summed E-state index contributed by atoms with van der Waals surface area (Å²) in [6, 6.07) is 5.95. The lowest BCUT2D eigenvalue weighted by molar-refractivity contribution is -0.116. The van der Waals surface area contributed by atoms with Crippen LogP contribution in [0, 0.1) is 0 Å². The van der Waals surface area contributed by atoms with E-state index in [-0.39, 0.29) is 5.91 Å². The molecule has 0 bridgehead atoms. The van der Waals surface area contributed by atoms with Crippen LogP contribution in [0.1, 0.15) is 19.3 Å². The zero-order chi connectivity index (χ0) is 13.7. The molecule has 0 aromatic heterocycles. The quantitative estimate of drug-likeness (QED) is 0.788. The summed E-state index contributed by atoms with van der Waals surface area (Å²) in [6.07, 6.45) is 2.91. The van der Waals surface area contributed by atoms with Gasteiger partial charge in [0.15, 0.2) is 0 Å². The first-order chi connectivity index (χ1) is 9.22. The van der Waals surface area contributed by atoms with Gasteiger partial charge in [0.1, 0.15) is 11.5 Å². The van der Waals surface area contributed by atoms with Crippen LogP contribution < -0.4 is 20.1 Å². The van der Waals surface area contributed by atoms with E-state index in [0.717, 1.165) is 0 Å². The van der Waals surface area contributed by atoms with Crippen molar-refractivity contribution in [2.24, 2.45) is 0 Å². The smallest absolute Gasteiger partial charge is 0.225 e. The Morgan fingerprint density at radius 2 is 2.11 bits per heavy atom. The van der Waals surface area contributed by atoms with E-state index in [4.69, 9.17) is 9.47 Å². The molecule has 19 heavy (non-hydrogen) atoms. The van der Waals surface area contributed by atoms with Crippen LogP contribution in [0.25, 0.3) is 0 Å². The minimum Gasteiger partial charge on any atom is -0.497 e. The fourth-order valence-electron chi connectivity index (χ4n) is 1.80. The molecule has 2 N–H and O–H groups in total. The summed E-state index contributed by atoms with van der Waals surface area (Å²) in [4.78, 5) is 11.8. The first-order valence-corrected chi connectivity index (χ1v) is 6.48. The van der Waals surface area contributed by atoms with Crippen molar-refractivity contribution in [3.63, 3.8) is 0 Å². The van der Waals surface area contributed by atoms with Gasteiger partial charge in [-0.2, -0.15) is 0 Å². The largest absolute Gasteiger partial charge is 0.497 e. The first kappa shape index (κ1) is 13.7. The molecular formula is C14H20N2O3. The molecule has 1 aromatic carbocycles. The van der Waals surface area contributed by atoms with E-state index in [2.05, 4.69) is 10.6 Å². The first-order valence-electron chi connectivity index (χ1n) is 6.48. The maximum atomic E-state index is 11.8. The van der Waals surface area contributed by atoms with Crippen molar-refractivity contribution in [1.82, 2.24) is 5.32 Å². The second-order valence-electron chi connectivity index (χ2n) is 4.59. The summed E-state index contributed by atoms with van der Waals surface area (Å²) in [7, 11) is 3.17. The summed E-state index contributed by atoms with van der Waals surface area (Å²) < 4.78 is 10.4. The molecule has 1 aromatic rings. The number of nitrogens with one attached hydrogen (secondary N) is 2. The molecule has 0 unspecified atom stereocenters. The molecule has 104 valence electrons. The molecule has 1 amide bonds. The van der Waals surface area contributed by atoms with Gasteiger partial charge < -0.3 is 20.1 Å². The van der Waals surface area contributed by atoms with E-state index >= 15 is 0 Å². The summed E-state index contributed by atoms with van der Waals surface area (Å²) in [5.41, 5.74) is 0.637. The third-order valence-corrected chi connectivity index (χ3v) is 3.04. The van der Waals surface area contributed by atoms with Gasteiger partial charge in [-0.25, -0.2) is 0 Å². The standard InChI is InChI=1S/C14H20N2O3/c1-18-11-5-6-13(19-2)12(9-11)16-14(17)7-8-15-10-3-4-10/h5-6,9-10,15H,3-4,7-8H2,1-2H3,(H,16,17). The number of rotatable bonds is 7. The lowest BCUT2D eigenvalue weighted by Crippen LogP contribution is -2.23. The SMILES string of the molecule is COc1ccc(OC)c(NC(=O)CCNC2CC2)c1. The second kappa shape index (κ2) is 6.43. The number of hydrogen-bond acceptors (Lipinski definition) is 4.